The number of benzene rings is 1. The number of morpholine rings is 1. The van der Waals surface area contributed by atoms with E-state index in [4.69, 9.17) is 15.2 Å². The minimum Gasteiger partial charge on any atom is -0.497 e. The summed E-state index contributed by atoms with van der Waals surface area (Å²) in [5, 5.41) is 2.98. The van der Waals surface area contributed by atoms with Crippen molar-refractivity contribution in [3.05, 3.63) is 23.8 Å². The summed E-state index contributed by atoms with van der Waals surface area (Å²) in [5.74, 6) is 0.447. The maximum atomic E-state index is 12.3. The second-order valence-corrected chi connectivity index (χ2v) is 5.24. The van der Waals surface area contributed by atoms with Crippen LogP contribution in [0.15, 0.2) is 18.2 Å². The predicted octanol–water partition coefficient (Wildman–Crippen LogP) is 0.728. The van der Waals surface area contributed by atoms with Crippen molar-refractivity contribution in [3.63, 3.8) is 0 Å². The Morgan fingerprint density at radius 3 is 2.86 bits per heavy atom. The van der Waals surface area contributed by atoms with Gasteiger partial charge in [-0.05, 0) is 25.1 Å². The molecule has 1 aromatic rings. The lowest BCUT2D eigenvalue weighted by atomic mass is 10.1. The molecule has 1 atom stereocenters. The zero-order valence-corrected chi connectivity index (χ0v) is 12.6. The van der Waals surface area contributed by atoms with E-state index in [0.29, 0.717) is 17.0 Å². The van der Waals surface area contributed by atoms with E-state index in [1.165, 1.54) is 0 Å². The number of nitrogens with two attached hydrogens (primary N) is 1. The fourth-order valence-corrected chi connectivity index (χ4v) is 2.38. The molecule has 2 rings (SSSR count). The number of nitrogens with zero attached hydrogens (tertiary/aromatic N) is 1. The van der Waals surface area contributed by atoms with E-state index in [1.807, 2.05) is 6.92 Å². The second kappa shape index (κ2) is 7.28. The van der Waals surface area contributed by atoms with Gasteiger partial charge >= 0.3 is 0 Å². The molecule has 21 heavy (non-hydrogen) atoms. The van der Waals surface area contributed by atoms with Crippen LogP contribution in [0.25, 0.3) is 0 Å². The first-order valence-corrected chi connectivity index (χ1v) is 7.14. The Labute approximate surface area is 125 Å². The third-order valence-corrected chi connectivity index (χ3v) is 3.52. The molecular weight excluding hydrogens is 270 g/mol. The summed E-state index contributed by atoms with van der Waals surface area (Å²) >= 11 is 0. The highest BCUT2D eigenvalue weighted by molar-refractivity contribution is 5.99. The number of nitrogen functional groups attached to an aromatic ring is 1. The molecule has 0 spiro atoms. The van der Waals surface area contributed by atoms with Crippen LogP contribution in [0, 0.1) is 0 Å². The van der Waals surface area contributed by atoms with Crippen molar-refractivity contribution >= 4 is 11.6 Å². The van der Waals surface area contributed by atoms with Crippen molar-refractivity contribution in [2.24, 2.45) is 0 Å². The molecule has 0 aliphatic carbocycles. The minimum absolute atomic E-state index is 0.0428. The molecule has 1 amide bonds. The molecule has 3 N–H and O–H groups in total. The highest BCUT2D eigenvalue weighted by Crippen LogP contribution is 2.19. The number of rotatable bonds is 5. The van der Waals surface area contributed by atoms with E-state index in [-0.39, 0.29) is 11.9 Å². The van der Waals surface area contributed by atoms with Crippen molar-refractivity contribution in [3.8, 4) is 5.75 Å². The number of carbonyl (C=O) groups excluding carboxylic acids is 1. The van der Waals surface area contributed by atoms with Crippen LogP contribution >= 0.6 is 0 Å². The minimum atomic E-state index is -0.174. The molecule has 6 nitrogen and oxygen atoms in total. The number of anilines is 1. The Balaban J connectivity index is 1.93. The van der Waals surface area contributed by atoms with E-state index in [2.05, 4.69) is 10.2 Å². The highest BCUT2D eigenvalue weighted by atomic mass is 16.5. The van der Waals surface area contributed by atoms with Crippen LogP contribution in [0.3, 0.4) is 0 Å². The van der Waals surface area contributed by atoms with Gasteiger partial charge in [0.2, 0.25) is 0 Å². The van der Waals surface area contributed by atoms with Gasteiger partial charge in [-0.25, -0.2) is 0 Å². The Kier molecular flexibility index (Phi) is 5.41. The third kappa shape index (κ3) is 4.34. The molecule has 0 aromatic heterocycles. The molecule has 0 saturated carbocycles. The van der Waals surface area contributed by atoms with E-state index >= 15 is 0 Å². The van der Waals surface area contributed by atoms with Crippen LogP contribution < -0.4 is 15.8 Å². The van der Waals surface area contributed by atoms with Gasteiger partial charge in [0.1, 0.15) is 5.75 Å². The SMILES string of the molecule is COc1ccc(N)c(C(=O)NC(C)CN2CCOCC2)c1. The van der Waals surface area contributed by atoms with Crippen LogP contribution in [-0.2, 0) is 4.74 Å². The Hall–Kier alpha value is -1.79. The van der Waals surface area contributed by atoms with Crippen LogP contribution in [0.2, 0.25) is 0 Å². The average Bonchev–Trinajstić information content (AvgIpc) is 2.48. The van der Waals surface area contributed by atoms with Crippen LogP contribution in [0.5, 0.6) is 5.75 Å². The first kappa shape index (κ1) is 15.6. The molecule has 1 fully saturated rings. The summed E-state index contributed by atoms with van der Waals surface area (Å²) in [6.45, 7) is 6.11. The van der Waals surface area contributed by atoms with Gasteiger partial charge in [0.05, 0.1) is 25.9 Å². The molecule has 116 valence electrons. The normalized spacial score (nSPS) is 17.2. The van der Waals surface area contributed by atoms with E-state index < -0.39 is 0 Å². The maximum Gasteiger partial charge on any atom is 0.253 e. The molecule has 1 heterocycles. The number of methoxy groups -OCH3 is 1. The number of hydrogen-bond donors (Lipinski definition) is 2. The van der Waals surface area contributed by atoms with Crippen LogP contribution in [-0.4, -0.2) is 56.8 Å². The van der Waals surface area contributed by atoms with Crippen LogP contribution in [0.1, 0.15) is 17.3 Å². The van der Waals surface area contributed by atoms with Crippen molar-refractivity contribution in [1.29, 1.82) is 0 Å². The highest BCUT2D eigenvalue weighted by Gasteiger charge is 2.17. The standard InChI is InChI=1S/C15H23N3O3/c1-11(10-18-5-7-21-8-6-18)17-15(19)13-9-12(20-2)3-4-14(13)16/h3-4,9,11H,5-8,10,16H2,1-2H3,(H,17,19). The fourth-order valence-electron chi connectivity index (χ4n) is 2.38. The lowest BCUT2D eigenvalue weighted by Gasteiger charge is -2.29. The van der Waals surface area contributed by atoms with Crippen molar-refractivity contribution in [2.45, 2.75) is 13.0 Å². The average molecular weight is 293 g/mol. The van der Waals surface area contributed by atoms with Crippen LogP contribution in [0.4, 0.5) is 5.69 Å². The van der Waals surface area contributed by atoms with Gasteiger partial charge in [-0.15, -0.1) is 0 Å². The van der Waals surface area contributed by atoms with Gasteiger partial charge in [0.15, 0.2) is 0 Å². The zero-order chi connectivity index (χ0) is 15.2. The summed E-state index contributed by atoms with van der Waals surface area (Å²) in [4.78, 5) is 14.6. The van der Waals surface area contributed by atoms with E-state index in [1.54, 1.807) is 25.3 Å². The lowest BCUT2D eigenvalue weighted by molar-refractivity contribution is 0.0342. The predicted molar refractivity (Wildman–Crippen MR) is 81.6 cm³/mol. The Bertz CT molecular complexity index is 487. The van der Waals surface area contributed by atoms with Gasteiger partial charge in [0.25, 0.3) is 5.91 Å². The summed E-state index contributed by atoms with van der Waals surface area (Å²) < 4.78 is 10.4. The summed E-state index contributed by atoms with van der Waals surface area (Å²) in [7, 11) is 1.56. The summed E-state index contributed by atoms with van der Waals surface area (Å²) in [5.41, 5.74) is 6.76. The number of ether oxygens (including phenoxy) is 2. The number of hydrogen-bond acceptors (Lipinski definition) is 5. The van der Waals surface area contributed by atoms with E-state index in [0.717, 1.165) is 32.8 Å². The Morgan fingerprint density at radius 2 is 2.19 bits per heavy atom. The number of amides is 1. The van der Waals surface area contributed by atoms with E-state index in [9.17, 15) is 4.79 Å². The molecule has 1 unspecified atom stereocenters. The zero-order valence-electron chi connectivity index (χ0n) is 12.6. The largest absolute Gasteiger partial charge is 0.497 e. The van der Waals surface area contributed by atoms with Gasteiger partial charge in [-0.2, -0.15) is 0 Å². The molecule has 0 bridgehead atoms. The monoisotopic (exact) mass is 293 g/mol. The van der Waals surface area contributed by atoms with Crippen molar-refractivity contribution < 1.29 is 14.3 Å². The molecule has 0 radical (unpaired) electrons. The molecule has 1 aliphatic rings. The molecular formula is C15H23N3O3. The van der Waals surface area contributed by atoms with Gasteiger partial charge in [-0.3, -0.25) is 9.69 Å². The van der Waals surface area contributed by atoms with Crippen molar-refractivity contribution in [1.82, 2.24) is 10.2 Å². The molecule has 1 saturated heterocycles. The van der Waals surface area contributed by atoms with Gasteiger partial charge < -0.3 is 20.5 Å². The summed E-state index contributed by atoms with van der Waals surface area (Å²) in [6.07, 6.45) is 0. The fraction of sp³-hybridized carbons (Fsp3) is 0.533. The lowest BCUT2D eigenvalue weighted by Crippen LogP contribution is -2.46. The topological polar surface area (TPSA) is 76.8 Å². The quantitative estimate of drug-likeness (QED) is 0.783. The summed E-state index contributed by atoms with van der Waals surface area (Å²) in [6, 6.07) is 5.12. The number of nitrogens with one attached hydrogen (secondary N) is 1. The first-order chi connectivity index (χ1) is 10.1. The third-order valence-electron chi connectivity index (χ3n) is 3.52. The Morgan fingerprint density at radius 1 is 1.48 bits per heavy atom. The first-order valence-electron chi connectivity index (χ1n) is 7.14. The van der Waals surface area contributed by atoms with Gasteiger partial charge in [-0.1, -0.05) is 0 Å². The smallest absolute Gasteiger partial charge is 0.253 e. The molecule has 6 heteroatoms. The molecule has 1 aliphatic heterocycles. The number of carbonyl (C=O) groups is 1. The maximum absolute atomic E-state index is 12.3. The second-order valence-electron chi connectivity index (χ2n) is 5.24. The molecule has 1 aromatic carbocycles. The van der Waals surface area contributed by atoms with Crippen molar-refractivity contribution in [2.75, 3.05) is 45.7 Å². The van der Waals surface area contributed by atoms with Gasteiger partial charge in [0, 0.05) is 31.4 Å².